The number of imide groups is 1. The Morgan fingerprint density at radius 1 is 0.804 bits per heavy atom. The van der Waals surface area contributed by atoms with Gasteiger partial charge in [-0.3, -0.25) is 4.90 Å². The summed E-state index contributed by atoms with van der Waals surface area (Å²) in [5.41, 5.74) is -1.89. The molecular weight excluding hydrogens is 656 g/mol. The van der Waals surface area contributed by atoms with Crippen LogP contribution in [0.15, 0.2) is 72.4 Å². The maximum Gasteiger partial charge on any atom is 0.424 e. The van der Waals surface area contributed by atoms with Crippen LogP contribution in [0, 0.1) is 5.92 Å². The fourth-order valence-corrected chi connectivity index (χ4v) is 6.68. The van der Waals surface area contributed by atoms with Gasteiger partial charge in [-0.1, -0.05) is 79.6 Å². The van der Waals surface area contributed by atoms with Gasteiger partial charge in [-0.2, -0.15) is 4.90 Å². The number of carbonyl (C=O) groups excluding carboxylic acids is 5. The molecule has 2 aromatic carbocycles. The van der Waals surface area contributed by atoms with Crippen molar-refractivity contribution < 1.29 is 47.7 Å². The Morgan fingerprint density at radius 2 is 1.37 bits per heavy atom. The Morgan fingerprint density at radius 3 is 1.92 bits per heavy atom. The third-order valence-electron chi connectivity index (χ3n) is 8.80. The molecule has 0 bridgehead atoms. The molecule has 1 aliphatic carbocycles. The molecule has 0 N–H and O–H groups in total. The summed E-state index contributed by atoms with van der Waals surface area (Å²) in [5.74, 6) is -1.76. The minimum Gasteiger partial charge on any atom is -0.464 e. The zero-order valence-corrected chi connectivity index (χ0v) is 30.6. The van der Waals surface area contributed by atoms with Gasteiger partial charge in [-0.05, 0) is 84.3 Å². The van der Waals surface area contributed by atoms with Crippen LogP contribution in [-0.4, -0.2) is 69.9 Å². The number of rotatable bonds is 9. The van der Waals surface area contributed by atoms with E-state index >= 15 is 0 Å². The number of esters is 2. The SMILES string of the molecule is COC(=O)/C(=C\C[C@]12CCCC[C@H]1C[C@@H](C(=O)OC(C)(C)C)N2C(=O)OCc1ccccc1)N(C(=O)OCc1ccccc1)C(=O)OC(C)(C)C. The highest BCUT2D eigenvalue weighted by atomic mass is 16.6. The van der Waals surface area contributed by atoms with Gasteiger partial charge in [0.25, 0.3) is 0 Å². The van der Waals surface area contributed by atoms with Gasteiger partial charge in [0.15, 0.2) is 0 Å². The summed E-state index contributed by atoms with van der Waals surface area (Å²) in [6.07, 6.45) is 1.42. The number of amides is 3. The molecule has 1 saturated carbocycles. The lowest BCUT2D eigenvalue weighted by atomic mass is 9.71. The van der Waals surface area contributed by atoms with E-state index in [1.807, 2.05) is 36.4 Å². The summed E-state index contributed by atoms with van der Waals surface area (Å²) >= 11 is 0. The van der Waals surface area contributed by atoms with Crippen molar-refractivity contribution in [1.82, 2.24) is 9.80 Å². The predicted molar refractivity (Wildman–Crippen MR) is 187 cm³/mol. The van der Waals surface area contributed by atoms with Crippen LogP contribution in [0.4, 0.5) is 14.4 Å². The van der Waals surface area contributed by atoms with E-state index in [-0.39, 0.29) is 25.6 Å². The van der Waals surface area contributed by atoms with E-state index in [4.69, 9.17) is 23.7 Å². The van der Waals surface area contributed by atoms with Crippen molar-refractivity contribution in [3.05, 3.63) is 83.6 Å². The van der Waals surface area contributed by atoms with Crippen LogP contribution in [0.2, 0.25) is 0 Å². The Balaban J connectivity index is 1.76. The molecular formula is C39H50N2O10. The molecule has 1 aliphatic heterocycles. The molecule has 3 amide bonds. The van der Waals surface area contributed by atoms with Crippen molar-refractivity contribution in [2.24, 2.45) is 5.92 Å². The number of hydrogen-bond acceptors (Lipinski definition) is 10. The van der Waals surface area contributed by atoms with Crippen molar-refractivity contribution in [3.63, 3.8) is 0 Å². The topological polar surface area (TPSA) is 138 Å². The van der Waals surface area contributed by atoms with E-state index in [0.29, 0.717) is 29.7 Å². The summed E-state index contributed by atoms with van der Waals surface area (Å²) in [5, 5.41) is 0. The lowest BCUT2D eigenvalue weighted by Crippen LogP contribution is -2.56. The third kappa shape index (κ3) is 10.1. The van der Waals surface area contributed by atoms with Gasteiger partial charge in [0, 0.05) is 0 Å². The standard InChI is InChI=1S/C39H50N2O10/c1-37(2,3)50-33(43)31-24-29-20-14-15-22-39(29,41(31)36(46)49-26-28-18-12-9-13-19-28)23-21-30(32(42)47-7)40(35(45)51-38(4,5)6)34(44)48-25-27-16-10-8-11-17-27/h8-13,16-19,21,29,31H,14-15,20,22-26H2,1-7H3/b30-21+/t29-,31-,39+/m0/s1. The first-order valence-electron chi connectivity index (χ1n) is 17.3. The zero-order valence-electron chi connectivity index (χ0n) is 30.6. The molecule has 12 heteroatoms. The average molecular weight is 707 g/mol. The molecule has 1 heterocycles. The normalized spacial score (nSPS) is 20.5. The first-order valence-corrected chi connectivity index (χ1v) is 17.3. The van der Waals surface area contributed by atoms with Gasteiger partial charge in [-0.25, -0.2) is 24.0 Å². The molecule has 0 unspecified atom stereocenters. The second-order valence-electron chi connectivity index (χ2n) is 14.9. The van der Waals surface area contributed by atoms with Crippen LogP contribution in [0.3, 0.4) is 0 Å². The van der Waals surface area contributed by atoms with E-state index in [0.717, 1.165) is 25.5 Å². The average Bonchev–Trinajstić information content (AvgIpc) is 3.42. The second-order valence-corrected chi connectivity index (χ2v) is 14.9. The van der Waals surface area contributed by atoms with E-state index in [9.17, 15) is 24.0 Å². The Kier molecular flexibility index (Phi) is 12.5. The molecule has 2 aromatic rings. The van der Waals surface area contributed by atoms with Crippen LogP contribution >= 0.6 is 0 Å². The smallest absolute Gasteiger partial charge is 0.424 e. The lowest BCUT2D eigenvalue weighted by molar-refractivity contribution is -0.161. The second kappa shape index (κ2) is 16.4. The van der Waals surface area contributed by atoms with E-state index in [1.54, 1.807) is 65.8 Å². The quantitative estimate of drug-likeness (QED) is 0.145. The van der Waals surface area contributed by atoms with E-state index < -0.39 is 58.7 Å². The van der Waals surface area contributed by atoms with Gasteiger partial charge in [-0.15, -0.1) is 0 Å². The van der Waals surface area contributed by atoms with Crippen molar-refractivity contribution in [1.29, 1.82) is 0 Å². The summed E-state index contributed by atoms with van der Waals surface area (Å²) < 4.78 is 27.7. The first kappa shape index (κ1) is 38.9. The number of nitrogens with zero attached hydrogens (tertiary/aromatic N) is 2. The molecule has 1 saturated heterocycles. The molecule has 0 aromatic heterocycles. The van der Waals surface area contributed by atoms with Gasteiger partial charge < -0.3 is 23.7 Å². The van der Waals surface area contributed by atoms with Crippen LogP contribution in [0.5, 0.6) is 0 Å². The summed E-state index contributed by atoms with van der Waals surface area (Å²) in [6, 6.07) is 17.1. The molecule has 0 radical (unpaired) electrons. The van der Waals surface area contributed by atoms with Crippen molar-refractivity contribution in [2.45, 2.75) is 116 Å². The van der Waals surface area contributed by atoms with Crippen LogP contribution < -0.4 is 0 Å². The predicted octanol–water partition coefficient (Wildman–Crippen LogP) is 7.69. The largest absolute Gasteiger partial charge is 0.464 e. The van der Waals surface area contributed by atoms with Crippen LogP contribution in [-0.2, 0) is 46.5 Å². The van der Waals surface area contributed by atoms with Crippen molar-refractivity contribution in [3.8, 4) is 0 Å². The number of likely N-dealkylation sites (tertiary alicyclic amines) is 1. The van der Waals surface area contributed by atoms with Gasteiger partial charge in [0.2, 0.25) is 0 Å². The first-order chi connectivity index (χ1) is 24.0. The maximum absolute atomic E-state index is 14.1. The van der Waals surface area contributed by atoms with Crippen LogP contribution in [0.25, 0.3) is 0 Å². The third-order valence-corrected chi connectivity index (χ3v) is 8.80. The summed E-state index contributed by atoms with van der Waals surface area (Å²) in [6.45, 7) is 9.94. The van der Waals surface area contributed by atoms with E-state index in [1.165, 1.54) is 11.0 Å². The monoisotopic (exact) mass is 706 g/mol. The zero-order chi connectivity index (χ0) is 37.4. The Hall–Kier alpha value is -4.87. The van der Waals surface area contributed by atoms with Crippen molar-refractivity contribution in [2.75, 3.05) is 7.11 Å². The highest BCUT2D eigenvalue weighted by Crippen LogP contribution is 2.51. The van der Waals surface area contributed by atoms with Gasteiger partial charge in [0.05, 0.1) is 12.6 Å². The number of benzene rings is 2. The summed E-state index contributed by atoms with van der Waals surface area (Å²) in [7, 11) is 1.13. The fourth-order valence-electron chi connectivity index (χ4n) is 6.68. The van der Waals surface area contributed by atoms with E-state index in [2.05, 4.69) is 0 Å². The molecule has 4 rings (SSSR count). The number of fused-ring (bicyclic) bond motifs is 1. The van der Waals surface area contributed by atoms with Gasteiger partial charge >= 0.3 is 30.2 Å². The molecule has 2 fully saturated rings. The van der Waals surface area contributed by atoms with Crippen molar-refractivity contribution >= 4 is 30.2 Å². The highest BCUT2D eigenvalue weighted by Gasteiger charge is 2.59. The molecule has 2 aliphatic rings. The number of carbonyl (C=O) groups is 5. The Bertz CT molecular complexity index is 1580. The fraction of sp³-hybridized carbons (Fsp3) is 0.513. The van der Waals surface area contributed by atoms with Gasteiger partial charge in [0.1, 0.15) is 36.2 Å². The highest BCUT2D eigenvalue weighted by molar-refractivity contribution is 6.01. The molecule has 276 valence electrons. The number of hydrogen-bond donors (Lipinski definition) is 0. The summed E-state index contributed by atoms with van der Waals surface area (Å²) in [4.78, 5) is 70.6. The maximum atomic E-state index is 14.1. The lowest BCUT2D eigenvalue weighted by Gasteiger charge is -2.45. The minimum absolute atomic E-state index is 0.0207. The minimum atomic E-state index is -1.15. The molecule has 12 nitrogen and oxygen atoms in total. The Labute approximate surface area is 300 Å². The molecule has 0 spiro atoms. The number of ether oxygens (including phenoxy) is 5. The van der Waals surface area contributed by atoms with Crippen LogP contribution in [0.1, 0.15) is 91.2 Å². The molecule has 51 heavy (non-hydrogen) atoms. The number of methoxy groups -OCH3 is 1. The molecule has 3 atom stereocenters.